The molecular formula is C19H25N3O. The zero-order valence-electron chi connectivity index (χ0n) is 14.7. The van der Waals surface area contributed by atoms with E-state index in [1.807, 2.05) is 30.8 Å². The molecule has 0 bridgehead atoms. The molecule has 0 fully saturated rings. The number of fused-ring (bicyclic) bond motifs is 1. The molecule has 4 heteroatoms. The normalized spacial score (nSPS) is 11.1. The molecule has 0 atom stereocenters. The smallest absolute Gasteiger partial charge is 0.116 e. The molecule has 0 aliphatic heterocycles. The van der Waals surface area contributed by atoms with Gasteiger partial charge in [-0.25, -0.2) is 0 Å². The molecule has 0 saturated carbocycles. The van der Waals surface area contributed by atoms with Gasteiger partial charge in [0.25, 0.3) is 0 Å². The van der Waals surface area contributed by atoms with Gasteiger partial charge < -0.3 is 4.74 Å². The Bertz CT molecular complexity index is 748. The lowest BCUT2D eigenvalue weighted by atomic mass is 10.1. The van der Waals surface area contributed by atoms with Crippen LogP contribution in [-0.4, -0.2) is 16.9 Å². The number of hydrogen-bond donors (Lipinski definition) is 0. The summed E-state index contributed by atoms with van der Waals surface area (Å²) in [6.45, 7) is 12.8. The quantitative estimate of drug-likeness (QED) is 0.587. The van der Waals surface area contributed by atoms with Crippen molar-refractivity contribution >= 4 is 10.9 Å². The minimum absolute atomic E-state index is 0.614. The van der Waals surface area contributed by atoms with Crippen LogP contribution in [0.4, 0.5) is 0 Å². The van der Waals surface area contributed by atoms with Crippen molar-refractivity contribution in [2.45, 2.75) is 40.7 Å². The van der Waals surface area contributed by atoms with E-state index >= 15 is 0 Å². The van der Waals surface area contributed by atoms with Gasteiger partial charge in [0.1, 0.15) is 5.76 Å². The van der Waals surface area contributed by atoms with Crippen molar-refractivity contribution in [1.82, 2.24) is 9.78 Å². The molecular weight excluding hydrogens is 286 g/mol. The van der Waals surface area contributed by atoms with Gasteiger partial charge in [0, 0.05) is 17.2 Å². The van der Waals surface area contributed by atoms with Gasteiger partial charge in [-0.15, -0.1) is 0 Å². The number of benzene rings is 1. The van der Waals surface area contributed by atoms with E-state index in [0.717, 1.165) is 22.9 Å². The highest BCUT2D eigenvalue weighted by molar-refractivity contribution is 5.79. The molecule has 0 radical (unpaired) electrons. The van der Waals surface area contributed by atoms with E-state index in [-0.39, 0.29) is 0 Å². The summed E-state index contributed by atoms with van der Waals surface area (Å²) in [6.07, 6.45) is 2.92. The Balaban J connectivity index is 0.00000127. The highest BCUT2D eigenvalue weighted by Crippen LogP contribution is 2.20. The Morgan fingerprint density at radius 3 is 2.65 bits per heavy atom. The first-order chi connectivity index (χ1) is 11.1. The average Bonchev–Trinajstić information content (AvgIpc) is 3.01. The van der Waals surface area contributed by atoms with Gasteiger partial charge >= 0.3 is 0 Å². The summed E-state index contributed by atoms with van der Waals surface area (Å²) in [6, 6.07) is 7.65. The first-order valence-corrected chi connectivity index (χ1v) is 7.88. The molecule has 2 aromatic rings. The zero-order chi connectivity index (χ0) is 17.4. The molecule has 0 aliphatic rings. The summed E-state index contributed by atoms with van der Waals surface area (Å²) in [7, 11) is 1.63. The fraction of sp³-hybridized carbons (Fsp3) is 0.368. The molecule has 0 amide bonds. The second-order valence-electron chi connectivity index (χ2n) is 4.95. The van der Waals surface area contributed by atoms with Crippen LogP contribution in [0.1, 0.15) is 39.7 Å². The van der Waals surface area contributed by atoms with E-state index in [0.29, 0.717) is 17.9 Å². The fourth-order valence-corrected chi connectivity index (χ4v) is 2.18. The van der Waals surface area contributed by atoms with Crippen LogP contribution in [-0.2, 0) is 11.3 Å². The lowest BCUT2D eigenvalue weighted by molar-refractivity contribution is 0.297. The Kier molecular flexibility index (Phi) is 7.08. The minimum atomic E-state index is 0.614. The number of ether oxygens (including phenoxy) is 1. The standard InChI is InChI=1S/C17H19N3O.C2H6/c1-5-12(2)16(13(3)21-4)11-20-10-15-7-6-14(9-18)8-17(15)19-20;1-2/h6-8,10H,3,5,11H2,1-2,4H3;1-2H3/b16-12+;. The molecule has 2 rings (SSSR count). The number of methoxy groups -OCH3 is 1. The average molecular weight is 311 g/mol. The van der Waals surface area contributed by atoms with Crippen LogP contribution in [0.2, 0.25) is 0 Å². The van der Waals surface area contributed by atoms with E-state index < -0.39 is 0 Å². The molecule has 23 heavy (non-hydrogen) atoms. The van der Waals surface area contributed by atoms with Crippen molar-refractivity contribution in [3.05, 3.63) is 53.4 Å². The van der Waals surface area contributed by atoms with Crippen LogP contribution in [0.15, 0.2) is 47.9 Å². The van der Waals surface area contributed by atoms with Gasteiger partial charge in [-0.2, -0.15) is 10.4 Å². The molecule has 0 aliphatic carbocycles. The number of nitrogens with zero attached hydrogens (tertiary/aromatic N) is 3. The molecule has 122 valence electrons. The summed E-state index contributed by atoms with van der Waals surface area (Å²) in [5.41, 5.74) is 3.74. The van der Waals surface area contributed by atoms with E-state index in [4.69, 9.17) is 10.00 Å². The molecule has 1 aromatic heterocycles. The van der Waals surface area contributed by atoms with Gasteiger partial charge in [-0.3, -0.25) is 4.68 Å². The molecule has 0 unspecified atom stereocenters. The van der Waals surface area contributed by atoms with Gasteiger partial charge in [0.2, 0.25) is 0 Å². The predicted molar refractivity (Wildman–Crippen MR) is 94.9 cm³/mol. The summed E-state index contributed by atoms with van der Waals surface area (Å²) in [5.74, 6) is 0.673. The van der Waals surface area contributed by atoms with Crippen LogP contribution >= 0.6 is 0 Å². The first kappa shape index (κ1) is 18.5. The number of aromatic nitrogens is 2. The summed E-state index contributed by atoms with van der Waals surface area (Å²) >= 11 is 0. The predicted octanol–water partition coefficient (Wildman–Crippen LogP) is 4.82. The second-order valence-corrected chi connectivity index (χ2v) is 4.95. The van der Waals surface area contributed by atoms with E-state index in [9.17, 15) is 0 Å². The Labute approximate surface area is 138 Å². The van der Waals surface area contributed by atoms with Gasteiger partial charge in [-0.1, -0.05) is 32.9 Å². The summed E-state index contributed by atoms with van der Waals surface area (Å²) in [5, 5.41) is 14.5. The first-order valence-electron chi connectivity index (χ1n) is 7.88. The zero-order valence-corrected chi connectivity index (χ0v) is 14.7. The molecule has 0 saturated heterocycles. The molecule has 1 heterocycles. The molecule has 0 N–H and O–H groups in total. The summed E-state index contributed by atoms with van der Waals surface area (Å²) in [4.78, 5) is 0. The van der Waals surface area contributed by atoms with Crippen molar-refractivity contribution in [1.29, 1.82) is 5.26 Å². The maximum absolute atomic E-state index is 8.94. The van der Waals surface area contributed by atoms with Crippen LogP contribution in [0.25, 0.3) is 10.9 Å². The fourth-order valence-electron chi connectivity index (χ4n) is 2.18. The Morgan fingerprint density at radius 2 is 2.09 bits per heavy atom. The van der Waals surface area contributed by atoms with Crippen molar-refractivity contribution in [3.63, 3.8) is 0 Å². The van der Waals surface area contributed by atoms with E-state index in [2.05, 4.69) is 31.6 Å². The van der Waals surface area contributed by atoms with Gasteiger partial charge in [0.15, 0.2) is 0 Å². The van der Waals surface area contributed by atoms with Crippen LogP contribution < -0.4 is 0 Å². The summed E-state index contributed by atoms with van der Waals surface area (Å²) < 4.78 is 7.15. The molecule has 1 aromatic carbocycles. The van der Waals surface area contributed by atoms with E-state index in [1.165, 1.54) is 5.57 Å². The van der Waals surface area contributed by atoms with Crippen molar-refractivity contribution in [2.24, 2.45) is 0 Å². The van der Waals surface area contributed by atoms with Gasteiger partial charge in [0.05, 0.1) is 30.8 Å². The largest absolute Gasteiger partial charge is 0.497 e. The molecule has 0 spiro atoms. The second kappa shape index (κ2) is 8.79. The highest BCUT2D eigenvalue weighted by atomic mass is 16.5. The lowest BCUT2D eigenvalue weighted by Gasteiger charge is -2.13. The van der Waals surface area contributed by atoms with Crippen molar-refractivity contribution < 1.29 is 4.74 Å². The number of allylic oxidation sites excluding steroid dienone is 2. The number of nitriles is 1. The maximum atomic E-state index is 8.94. The SMILES string of the molecule is C=C(OC)/C(Cn1cc2ccc(C#N)cc2n1)=C(\C)CC.CC. The third-order valence-corrected chi connectivity index (χ3v) is 3.63. The Hall–Kier alpha value is -2.54. The van der Waals surface area contributed by atoms with Crippen molar-refractivity contribution in [2.75, 3.05) is 7.11 Å². The number of hydrogen-bond acceptors (Lipinski definition) is 3. The number of rotatable bonds is 5. The lowest BCUT2D eigenvalue weighted by Crippen LogP contribution is -2.06. The van der Waals surface area contributed by atoms with Crippen LogP contribution in [0, 0.1) is 11.3 Å². The monoisotopic (exact) mass is 311 g/mol. The Morgan fingerprint density at radius 1 is 1.39 bits per heavy atom. The topological polar surface area (TPSA) is 50.8 Å². The third-order valence-electron chi connectivity index (χ3n) is 3.63. The van der Waals surface area contributed by atoms with E-state index in [1.54, 1.807) is 19.2 Å². The minimum Gasteiger partial charge on any atom is -0.497 e. The van der Waals surface area contributed by atoms with Crippen molar-refractivity contribution in [3.8, 4) is 6.07 Å². The van der Waals surface area contributed by atoms with Crippen LogP contribution in [0.5, 0.6) is 0 Å². The molecule has 4 nitrogen and oxygen atoms in total. The maximum Gasteiger partial charge on any atom is 0.116 e. The van der Waals surface area contributed by atoms with Gasteiger partial charge in [-0.05, 0) is 31.5 Å². The highest BCUT2D eigenvalue weighted by Gasteiger charge is 2.10. The third kappa shape index (κ3) is 4.46. The van der Waals surface area contributed by atoms with Crippen LogP contribution in [0.3, 0.4) is 0 Å².